The van der Waals surface area contributed by atoms with E-state index in [-0.39, 0.29) is 43.4 Å². The summed E-state index contributed by atoms with van der Waals surface area (Å²) in [6.45, 7) is 11.2. The molecule has 1 N–H and O–H groups in total. The largest absolute Gasteiger partial charge is 0.382 e. The number of aryl methyl sites for hydroxylation is 1. The molecule has 0 radical (unpaired) electrons. The van der Waals surface area contributed by atoms with Crippen LogP contribution < -0.4 is 11.0 Å². The molecule has 1 amide bonds. The summed E-state index contributed by atoms with van der Waals surface area (Å²) in [5.74, 6) is -0.175. The minimum absolute atomic E-state index is 0.161. The zero-order valence-electron chi connectivity index (χ0n) is 25.2. The number of anilines is 1. The van der Waals surface area contributed by atoms with Gasteiger partial charge in [0, 0.05) is 42.9 Å². The van der Waals surface area contributed by atoms with Crippen molar-refractivity contribution >= 4 is 20.3 Å². The van der Waals surface area contributed by atoms with Gasteiger partial charge in [-0.1, -0.05) is 18.2 Å². The van der Waals surface area contributed by atoms with Gasteiger partial charge in [-0.2, -0.15) is 10.2 Å². The molecule has 3 rings (SSSR count). The van der Waals surface area contributed by atoms with Gasteiger partial charge in [-0.25, -0.2) is 9.46 Å². The lowest BCUT2D eigenvalue weighted by molar-refractivity contribution is -0.0777. The molecule has 0 aliphatic carbocycles. The van der Waals surface area contributed by atoms with Gasteiger partial charge in [-0.3, -0.25) is 9.36 Å². The number of hydrogen-bond donors (Lipinski definition) is 1. The fourth-order valence-electron chi connectivity index (χ4n) is 4.61. The molecule has 1 aliphatic rings. The molecule has 2 heterocycles. The van der Waals surface area contributed by atoms with E-state index in [0.717, 1.165) is 0 Å². The average Bonchev–Trinajstić information content (AvgIpc) is 3.36. The van der Waals surface area contributed by atoms with E-state index < -0.39 is 32.7 Å². The fraction of sp³-hybridized carbons (Fsp3) is 0.586. The number of ether oxygens (including phenoxy) is 3. The van der Waals surface area contributed by atoms with Gasteiger partial charge in [0.25, 0.3) is 14.4 Å². The Labute approximate surface area is 248 Å². The molecule has 0 spiro atoms. The van der Waals surface area contributed by atoms with Crippen LogP contribution in [0.25, 0.3) is 0 Å². The molecule has 1 aromatic heterocycles. The third-order valence-electron chi connectivity index (χ3n) is 6.47. The predicted molar refractivity (Wildman–Crippen MR) is 159 cm³/mol. The highest BCUT2D eigenvalue weighted by Crippen LogP contribution is 2.47. The molecule has 230 valence electrons. The lowest BCUT2D eigenvalue weighted by Gasteiger charge is -2.35. The second-order valence-electron chi connectivity index (χ2n) is 10.4. The molecule has 1 aromatic carbocycles. The highest BCUT2D eigenvalue weighted by molar-refractivity contribution is 7.44. The topological polar surface area (TPSA) is 137 Å². The Morgan fingerprint density at radius 2 is 1.90 bits per heavy atom. The van der Waals surface area contributed by atoms with Gasteiger partial charge >= 0.3 is 5.69 Å². The van der Waals surface area contributed by atoms with Crippen LogP contribution in [0.5, 0.6) is 0 Å². The molecule has 1 unspecified atom stereocenters. The predicted octanol–water partition coefficient (Wildman–Crippen LogP) is 4.42. The van der Waals surface area contributed by atoms with Gasteiger partial charge in [0.05, 0.1) is 45.0 Å². The van der Waals surface area contributed by atoms with Gasteiger partial charge in [0.15, 0.2) is 6.23 Å². The van der Waals surface area contributed by atoms with E-state index in [2.05, 4.69) is 48.7 Å². The van der Waals surface area contributed by atoms with Crippen molar-refractivity contribution in [3.05, 3.63) is 58.1 Å². The van der Waals surface area contributed by atoms with Gasteiger partial charge in [0.2, 0.25) is 0 Å². The molecule has 4 atom stereocenters. The van der Waals surface area contributed by atoms with E-state index >= 15 is 0 Å². The number of carbonyl (C=O) groups is 1. The van der Waals surface area contributed by atoms with E-state index in [0.29, 0.717) is 30.8 Å². The maximum absolute atomic E-state index is 13.2. The number of carbonyl (C=O) groups excluding carboxylic acids is 1. The molecule has 2 aromatic rings. The summed E-state index contributed by atoms with van der Waals surface area (Å²) in [6.07, 6.45) is 0.739. The number of aromatic nitrogens is 2. The number of hydrogen-bond acceptors (Lipinski definition) is 10. The first-order valence-electron chi connectivity index (χ1n) is 14.1. The number of nitrogens with one attached hydrogen (secondary N) is 1. The maximum atomic E-state index is 13.2. The lowest BCUT2D eigenvalue weighted by Crippen LogP contribution is -2.34. The van der Waals surface area contributed by atoms with Crippen LogP contribution in [0.3, 0.4) is 0 Å². The van der Waals surface area contributed by atoms with E-state index in [1.165, 1.54) is 4.57 Å². The zero-order chi connectivity index (χ0) is 30.6. The number of rotatable bonds is 16. The monoisotopic (exact) mass is 603 g/mol. The van der Waals surface area contributed by atoms with Gasteiger partial charge < -0.3 is 28.6 Å². The third-order valence-corrected chi connectivity index (χ3v) is 8.55. The minimum Gasteiger partial charge on any atom is -0.382 e. The van der Waals surface area contributed by atoms with Crippen LogP contribution in [0.15, 0.2) is 41.3 Å². The van der Waals surface area contributed by atoms with Crippen LogP contribution in [-0.4, -0.2) is 78.0 Å². The number of methoxy groups -OCH3 is 1. The Bertz CT molecular complexity index is 1230. The Morgan fingerprint density at radius 3 is 2.55 bits per heavy atom. The third kappa shape index (κ3) is 9.38. The molecular formula is C29H42N5O7P. The average molecular weight is 604 g/mol. The highest BCUT2D eigenvalue weighted by Gasteiger charge is 2.39. The Kier molecular flexibility index (Phi) is 13.5. The SMILES string of the molecule is COCCO[C@@H]1C[C@@H](COP(OCCC#N)N(C(C)C)C(C)C)O[C@H]1n1cc(C)c(NC(=O)c2ccccc2)nc1=O. The molecule has 42 heavy (non-hydrogen) atoms. The smallest absolute Gasteiger partial charge is 0.351 e. The summed E-state index contributed by atoms with van der Waals surface area (Å²) in [5, 5.41) is 11.7. The summed E-state index contributed by atoms with van der Waals surface area (Å²) in [7, 11) is 0.140. The molecule has 1 aliphatic heterocycles. The molecule has 12 nitrogen and oxygen atoms in total. The highest BCUT2D eigenvalue weighted by atomic mass is 31.2. The number of amides is 1. The molecule has 0 bridgehead atoms. The van der Waals surface area contributed by atoms with Gasteiger partial charge in [0.1, 0.15) is 11.9 Å². The molecule has 1 fully saturated rings. The quantitative estimate of drug-likeness (QED) is 0.217. The van der Waals surface area contributed by atoms with Gasteiger partial charge in [-0.15, -0.1) is 0 Å². The second-order valence-corrected chi connectivity index (χ2v) is 11.9. The van der Waals surface area contributed by atoms with Crippen LogP contribution in [0.1, 0.15) is 62.7 Å². The minimum atomic E-state index is -1.45. The van der Waals surface area contributed by atoms with Crippen molar-refractivity contribution < 1.29 is 28.1 Å². The second kappa shape index (κ2) is 16.8. The fourth-order valence-corrected chi connectivity index (χ4v) is 6.24. The van der Waals surface area contributed by atoms with E-state index in [1.54, 1.807) is 44.5 Å². The van der Waals surface area contributed by atoms with Gasteiger partial charge in [-0.05, 0) is 46.8 Å². The molecule has 0 saturated carbocycles. The Morgan fingerprint density at radius 1 is 1.19 bits per heavy atom. The zero-order valence-corrected chi connectivity index (χ0v) is 26.1. The maximum Gasteiger partial charge on any atom is 0.351 e. The van der Waals surface area contributed by atoms with Crippen LogP contribution in [-0.2, 0) is 23.3 Å². The van der Waals surface area contributed by atoms with Crippen LogP contribution >= 0.6 is 8.53 Å². The summed E-state index contributed by atoms with van der Waals surface area (Å²) in [6, 6.07) is 11.1. The number of benzene rings is 1. The molecule has 13 heteroatoms. The summed E-state index contributed by atoms with van der Waals surface area (Å²) in [5.41, 5.74) is 0.474. The van der Waals surface area contributed by atoms with Crippen LogP contribution in [0, 0.1) is 18.3 Å². The first-order valence-corrected chi connectivity index (χ1v) is 15.2. The van der Waals surface area contributed by atoms with Crippen molar-refractivity contribution in [2.24, 2.45) is 0 Å². The first kappa shape index (κ1) is 33.7. The lowest BCUT2D eigenvalue weighted by atomic mass is 10.2. The van der Waals surface area contributed by atoms with Crippen molar-refractivity contribution in [3.63, 3.8) is 0 Å². The van der Waals surface area contributed by atoms with Crippen molar-refractivity contribution in [2.45, 2.75) is 78.0 Å². The number of nitriles is 1. The van der Waals surface area contributed by atoms with Crippen LogP contribution in [0.2, 0.25) is 0 Å². The van der Waals surface area contributed by atoms with Crippen molar-refractivity contribution in [1.29, 1.82) is 5.26 Å². The molecule has 1 saturated heterocycles. The Hall–Kier alpha value is -2.75. The first-order chi connectivity index (χ1) is 20.2. The van der Waals surface area contributed by atoms with E-state index in [1.807, 2.05) is 6.07 Å². The number of nitrogens with zero attached hydrogens (tertiary/aromatic N) is 4. The standard InChI is InChI=1S/C29H42N5O7P/c1-20(2)34(21(3)4)42(39-14-10-13-30)40-19-24-17-25(38-16-15-37-6)28(41-24)33-18-22(5)26(32-29(33)36)31-27(35)23-11-8-7-9-12-23/h7-9,11-12,18,20-21,24-25,28H,10,14-17,19H2,1-6H3,(H,31,32,35,36)/t24-,25+,28+,42?/m0/s1. The summed E-state index contributed by atoms with van der Waals surface area (Å²) >= 11 is 0. The summed E-state index contributed by atoms with van der Waals surface area (Å²) < 4.78 is 33.3. The van der Waals surface area contributed by atoms with Crippen molar-refractivity contribution in [3.8, 4) is 6.07 Å². The van der Waals surface area contributed by atoms with E-state index in [9.17, 15) is 9.59 Å². The van der Waals surface area contributed by atoms with Crippen LogP contribution in [0.4, 0.5) is 5.82 Å². The Balaban J connectivity index is 1.77. The van der Waals surface area contributed by atoms with E-state index in [4.69, 9.17) is 28.5 Å². The normalized spacial score (nSPS) is 19.4. The van der Waals surface area contributed by atoms with Crippen molar-refractivity contribution in [2.75, 3.05) is 38.9 Å². The molecular weight excluding hydrogens is 561 g/mol. The van der Waals surface area contributed by atoms with Crippen molar-refractivity contribution in [1.82, 2.24) is 14.2 Å². The summed E-state index contributed by atoms with van der Waals surface area (Å²) in [4.78, 5) is 30.0.